The van der Waals surface area contributed by atoms with Crippen molar-refractivity contribution in [1.29, 1.82) is 0 Å². The van der Waals surface area contributed by atoms with Crippen LogP contribution in [-0.4, -0.2) is 16.7 Å². The topological polar surface area (TPSA) is 44.1 Å². The van der Waals surface area contributed by atoms with Crippen LogP contribution in [0.2, 0.25) is 0 Å². The molecule has 0 aliphatic rings. The second-order valence-electron chi connectivity index (χ2n) is 4.30. The van der Waals surface area contributed by atoms with Crippen LogP contribution in [0.1, 0.15) is 16.8 Å². The van der Waals surface area contributed by atoms with Gasteiger partial charge in [0, 0.05) is 11.8 Å². The molecule has 0 spiro atoms. The van der Waals surface area contributed by atoms with Crippen LogP contribution >= 0.6 is 0 Å². The molecule has 18 heavy (non-hydrogen) atoms. The summed E-state index contributed by atoms with van der Waals surface area (Å²) in [6.07, 6.45) is 0. The van der Waals surface area contributed by atoms with Gasteiger partial charge in [0.15, 0.2) is 0 Å². The zero-order valence-electron chi connectivity index (χ0n) is 10.8. The predicted molar refractivity (Wildman–Crippen MR) is 70.1 cm³/mol. The van der Waals surface area contributed by atoms with Crippen molar-refractivity contribution < 1.29 is 4.74 Å². The Morgan fingerprint density at radius 2 is 2.06 bits per heavy atom. The van der Waals surface area contributed by atoms with Gasteiger partial charge in [-0.25, -0.2) is 4.98 Å². The first kappa shape index (κ1) is 12.4. The van der Waals surface area contributed by atoms with Gasteiger partial charge in [-0.1, -0.05) is 29.8 Å². The SMILES string of the molecule is COc1nc(C)cc(=O)n1Cc1cccc(C)c1. The lowest BCUT2D eigenvalue weighted by molar-refractivity contribution is 0.350. The van der Waals surface area contributed by atoms with Gasteiger partial charge >= 0.3 is 0 Å². The molecule has 0 unspecified atom stereocenters. The van der Waals surface area contributed by atoms with Gasteiger partial charge in [-0.3, -0.25) is 9.36 Å². The van der Waals surface area contributed by atoms with Gasteiger partial charge < -0.3 is 4.74 Å². The summed E-state index contributed by atoms with van der Waals surface area (Å²) in [4.78, 5) is 16.2. The fourth-order valence-electron chi connectivity index (χ4n) is 1.89. The van der Waals surface area contributed by atoms with Crippen LogP contribution in [0, 0.1) is 13.8 Å². The van der Waals surface area contributed by atoms with Gasteiger partial charge in [0.25, 0.3) is 11.6 Å². The molecule has 0 bridgehead atoms. The highest BCUT2D eigenvalue weighted by Gasteiger charge is 2.07. The maximum atomic E-state index is 12.0. The summed E-state index contributed by atoms with van der Waals surface area (Å²) in [5.41, 5.74) is 2.79. The zero-order valence-corrected chi connectivity index (χ0v) is 10.8. The van der Waals surface area contributed by atoms with Crippen LogP contribution in [0.15, 0.2) is 35.1 Å². The molecule has 0 saturated heterocycles. The second kappa shape index (κ2) is 5.04. The Labute approximate surface area is 106 Å². The maximum Gasteiger partial charge on any atom is 0.299 e. The Hall–Kier alpha value is -2.10. The number of benzene rings is 1. The van der Waals surface area contributed by atoms with E-state index in [0.717, 1.165) is 5.56 Å². The van der Waals surface area contributed by atoms with E-state index in [2.05, 4.69) is 4.98 Å². The summed E-state index contributed by atoms with van der Waals surface area (Å²) in [5, 5.41) is 0. The van der Waals surface area contributed by atoms with Crippen LogP contribution < -0.4 is 10.3 Å². The van der Waals surface area contributed by atoms with Gasteiger partial charge in [0.1, 0.15) is 0 Å². The Kier molecular flexibility index (Phi) is 3.46. The molecule has 0 fully saturated rings. The Morgan fingerprint density at radius 3 is 2.72 bits per heavy atom. The standard InChI is InChI=1S/C14H16N2O2/c1-10-5-4-6-12(7-10)9-16-13(17)8-11(2)15-14(16)18-3/h4-8H,9H2,1-3H3. The molecule has 0 aliphatic heterocycles. The van der Waals surface area contributed by atoms with Gasteiger partial charge in [0.2, 0.25) is 0 Å². The first-order valence-corrected chi connectivity index (χ1v) is 5.78. The predicted octanol–water partition coefficient (Wildman–Crippen LogP) is 1.92. The van der Waals surface area contributed by atoms with Crippen molar-refractivity contribution in [3.8, 4) is 6.01 Å². The van der Waals surface area contributed by atoms with E-state index in [9.17, 15) is 4.79 Å². The van der Waals surface area contributed by atoms with E-state index in [1.54, 1.807) is 6.92 Å². The Bertz CT molecular complexity index is 617. The normalized spacial score (nSPS) is 10.4. The van der Waals surface area contributed by atoms with Crippen LogP contribution in [0.4, 0.5) is 0 Å². The number of ether oxygens (including phenoxy) is 1. The summed E-state index contributed by atoms with van der Waals surface area (Å²) >= 11 is 0. The minimum atomic E-state index is -0.0964. The highest BCUT2D eigenvalue weighted by molar-refractivity contribution is 5.23. The molecule has 4 heteroatoms. The summed E-state index contributed by atoms with van der Waals surface area (Å²) in [7, 11) is 1.52. The summed E-state index contributed by atoms with van der Waals surface area (Å²) in [6.45, 7) is 4.27. The number of hydrogen-bond donors (Lipinski definition) is 0. The van der Waals surface area contributed by atoms with Gasteiger partial charge in [-0.05, 0) is 19.4 Å². The molecule has 94 valence electrons. The average molecular weight is 244 g/mol. The van der Waals surface area contributed by atoms with E-state index >= 15 is 0 Å². The third-order valence-electron chi connectivity index (χ3n) is 2.71. The first-order chi connectivity index (χ1) is 8.60. The van der Waals surface area contributed by atoms with Crippen molar-refractivity contribution in [3.63, 3.8) is 0 Å². The summed E-state index contributed by atoms with van der Waals surface area (Å²) in [6, 6.07) is 9.89. The fraction of sp³-hybridized carbons (Fsp3) is 0.286. The molecule has 0 aliphatic carbocycles. The quantitative estimate of drug-likeness (QED) is 0.828. The van der Waals surface area contributed by atoms with Gasteiger partial charge in [-0.15, -0.1) is 0 Å². The van der Waals surface area contributed by atoms with Crippen molar-refractivity contribution >= 4 is 0 Å². The number of aryl methyl sites for hydroxylation is 2. The third-order valence-corrected chi connectivity index (χ3v) is 2.71. The summed E-state index contributed by atoms with van der Waals surface area (Å²) < 4.78 is 6.69. The van der Waals surface area contributed by atoms with Crippen molar-refractivity contribution in [3.05, 3.63) is 57.5 Å². The van der Waals surface area contributed by atoms with Crippen molar-refractivity contribution in [2.45, 2.75) is 20.4 Å². The molecule has 0 saturated carbocycles. The van der Waals surface area contributed by atoms with E-state index in [1.165, 1.54) is 23.3 Å². The molecule has 0 amide bonds. The largest absolute Gasteiger partial charge is 0.468 e. The Morgan fingerprint density at radius 1 is 1.28 bits per heavy atom. The van der Waals surface area contributed by atoms with Crippen molar-refractivity contribution in [2.24, 2.45) is 0 Å². The average Bonchev–Trinajstić information content (AvgIpc) is 2.32. The number of nitrogens with zero attached hydrogens (tertiary/aromatic N) is 2. The number of hydrogen-bond acceptors (Lipinski definition) is 3. The lowest BCUT2D eigenvalue weighted by atomic mass is 10.1. The van der Waals surface area contributed by atoms with E-state index in [1.807, 2.05) is 31.2 Å². The third kappa shape index (κ3) is 2.59. The number of aromatic nitrogens is 2. The molecule has 2 rings (SSSR count). The molecule has 0 atom stereocenters. The number of methoxy groups -OCH3 is 1. The second-order valence-corrected chi connectivity index (χ2v) is 4.30. The lowest BCUT2D eigenvalue weighted by Crippen LogP contribution is -2.23. The molecule has 1 aromatic carbocycles. The fourth-order valence-corrected chi connectivity index (χ4v) is 1.89. The van der Waals surface area contributed by atoms with Crippen LogP contribution in [0.5, 0.6) is 6.01 Å². The molecule has 2 aromatic rings. The molecule has 0 radical (unpaired) electrons. The molecule has 1 heterocycles. The monoisotopic (exact) mass is 244 g/mol. The molecular weight excluding hydrogens is 228 g/mol. The number of rotatable bonds is 3. The van der Waals surface area contributed by atoms with Crippen molar-refractivity contribution in [2.75, 3.05) is 7.11 Å². The van der Waals surface area contributed by atoms with E-state index in [0.29, 0.717) is 18.2 Å². The maximum absolute atomic E-state index is 12.0. The molecule has 4 nitrogen and oxygen atoms in total. The highest BCUT2D eigenvalue weighted by atomic mass is 16.5. The van der Waals surface area contributed by atoms with Gasteiger partial charge in [0.05, 0.1) is 13.7 Å². The van der Waals surface area contributed by atoms with Crippen LogP contribution in [0.3, 0.4) is 0 Å². The lowest BCUT2D eigenvalue weighted by Gasteiger charge is -2.11. The summed E-state index contributed by atoms with van der Waals surface area (Å²) in [5.74, 6) is 0. The Balaban J connectivity index is 2.43. The van der Waals surface area contributed by atoms with Crippen LogP contribution in [0.25, 0.3) is 0 Å². The van der Waals surface area contributed by atoms with E-state index < -0.39 is 0 Å². The zero-order chi connectivity index (χ0) is 13.1. The molecule has 0 N–H and O–H groups in total. The van der Waals surface area contributed by atoms with Crippen LogP contribution in [-0.2, 0) is 6.54 Å². The molecular formula is C14H16N2O2. The van der Waals surface area contributed by atoms with Gasteiger partial charge in [-0.2, -0.15) is 0 Å². The van der Waals surface area contributed by atoms with E-state index in [-0.39, 0.29) is 5.56 Å². The minimum absolute atomic E-state index is 0.0964. The smallest absolute Gasteiger partial charge is 0.299 e. The highest BCUT2D eigenvalue weighted by Crippen LogP contribution is 2.10. The van der Waals surface area contributed by atoms with E-state index in [4.69, 9.17) is 4.74 Å². The first-order valence-electron chi connectivity index (χ1n) is 5.78. The minimum Gasteiger partial charge on any atom is -0.468 e. The molecule has 1 aromatic heterocycles. The van der Waals surface area contributed by atoms with Crippen molar-refractivity contribution in [1.82, 2.24) is 9.55 Å².